The maximum atomic E-state index is 5.24. The number of rotatable bonds is 5. The summed E-state index contributed by atoms with van der Waals surface area (Å²) in [4.78, 5) is 2.61. The third-order valence-electron chi connectivity index (χ3n) is 5.52. The number of ether oxygens (including phenoxy) is 1. The number of aromatic nitrogens is 1. The van der Waals surface area contributed by atoms with Crippen LogP contribution in [0.25, 0.3) is 10.9 Å². The van der Waals surface area contributed by atoms with E-state index in [-0.39, 0.29) is 0 Å². The summed E-state index contributed by atoms with van der Waals surface area (Å²) in [5, 5.41) is 1.36. The molecule has 0 atom stereocenters. The minimum Gasteiger partial charge on any atom is -0.497 e. The first-order chi connectivity index (χ1) is 12.7. The van der Waals surface area contributed by atoms with Gasteiger partial charge in [-0.25, -0.2) is 0 Å². The van der Waals surface area contributed by atoms with Crippen LogP contribution in [-0.4, -0.2) is 36.2 Å². The minimum absolute atomic E-state index is 0.626. The third-order valence-corrected chi connectivity index (χ3v) is 6.39. The molecule has 0 N–H and O–H groups in total. The molecule has 0 unspecified atom stereocenters. The Labute approximate surface area is 169 Å². The zero-order valence-electron chi connectivity index (χ0n) is 15.2. The summed E-state index contributed by atoms with van der Waals surface area (Å²) in [7, 11) is 1.72. The van der Waals surface area contributed by atoms with Crippen LogP contribution in [0.5, 0.6) is 5.75 Å². The average Bonchev–Trinajstić information content (AvgIpc) is 3.13. The number of fused-ring (bicyclic) bond motifs is 1. The van der Waals surface area contributed by atoms with Gasteiger partial charge in [-0.3, -0.25) is 0 Å². The van der Waals surface area contributed by atoms with Crippen LogP contribution in [-0.2, 0) is 6.42 Å². The summed E-state index contributed by atoms with van der Waals surface area (Å²) in [5.74, 6) is 0.933. The fraction of sp³-hybridized carbons (Fsp3) is 0.364. The summed E-state index contributed by atoms with van der Waals surface area (Å²) in [6, 6.07) is 17.9. The number of hydrogen-bond acceptors (Lipinski definition) is 2. The van der Waals surface area contributed by atoms with Gasteiger partial charge in [0.2, 0.25) is 0 Å². The number of nitrogens with zero attached hydrogens (tertiary/aromatic N) is 2. The van der Waals surface area contributed by atoms with E-state index in [1.165, 1.54) is 46.0 Å². The second kappa shape index (κ2) is 8.01. The first-order valence-electron chi connectivity index (χ1n) is 9.35. The SMILES string of the molecule is COc1ccc(CCN2CCC(n3ccc4cccc(I)c43)CC2)cc1. The summed E-state index contributed by atoms with van der Waals surface area (Å²) >= 11 is 2.47. The molecule has 0 saturated carbocycles. The van der Waals surface area contributed by atoms with E-state index in [1.54, 1.807) is 7.11 Å². The van der Waals surface area contributed by atoms with Crippen molar-refractivity contribution in [3.63, 3.8) is 0 Å². The van der Waals surface area contributed by atoms with Crippen molar-refractivity contribution >= 4 is 33.5 Å². The van der Waals surface area contributed by atoms with Crippen LogP contribution in [0.3, 0.4) is 0 Å². The Bertz CT molecular complexity index is 863. The molecular weight excluding hydrogens is 435 g/mol. The van der Waals surface area contributed by atoms with Crippen LogP contribution in [0.4, 0.5) is 0 Å². The van der Waals surface area contributed by atoms with E-state index in [0.717, 1.165) is 18.7 Å². The normalized spacial score (nSPS) is 16.2. The maximum Gasteiger partial charge on any atom is 0.118 e. The highest BCUT2D eigenvalue weighted by molar-refractivity contribution is 14.1. The van der Waals surface area contributed by atoms with Gasteiger partial charge in [0, 0.05) is 40.8 Å². The molecule has 3 nitrogen and oxygen atoms in total. The first kappa shape index (κ1) is 17.9. The molecule has 0 radical (unpaired) electrons. The number of methoxy groups -OCH3 is 1. The third kappa shape index (κ3) is 3.76. The van der Waals surface area contributed by atoms with Gasteiger partial charge in [-0.05, 0) is 71.7 Å². The number of hydrogen-bond donors (Lipinski definition) is 0. The molecule has 1 saturated heterocycles. The Morgan fingerprint density at radius 1 is 1.04 bits per heavy atom. The van der Waals surface area contributed by atoms with Crippen molar-refractivity contribution in [2.24, 2.45) is 0 Å². The molecule has 0 aliphatic carbocycles. The molecule has 1 fully saturated rings. The van der Waals surface area contributed by atoms with Gasteiger partial charge in [0.1, 0.15) is 5.75 Å². The molecular formula is C22H25IN2O. The molecule has 0 amide bonds. The maximum absolute atomic E-state index is 5.24. The van der Waals surface area contributed by atoms with E-state index in [2.05, 4.69) is 86.8 Å². The lowest BCUT2D eigenvalue weighted by Gasteiger charge is -2.33. The van der Waals surface area contributed by atoms with Gasteiger partial charge in [0.05, 0.1) is 12.6 Å². The van der Waals surface area contributed by atoms with E-state index in [1.807, 2.05) is 0 Å². The standard InChI is InChI=1S/C22H25IN2O/c1-26-20-7-5-17(6-8-20)9-13-24-14-11-19(12-15-24)25-16-10-18-3-2-4-21(23)22(18)25/h2-8,10,16,19H,9,11-15H2,1H3. The minimum atomic E-state index is 0.626. The smallest absolute Gasteiger partial charge is 0.118 e. The summed E-state index contributed by atoms with van der Waals surface area (Å²) in [6.45, 7) is 3.51. The number of likely N-dealkylation sites (tertiary alicyclic amines) is 1. The van der Waals surface area contributed by atoms with Crippen molar-refractivity contribution in [1.82, 2.24) is 9.47 Å². The van der Waals surface area contributed by atoms with E-state index in [4.69, 9.17) is 4.74 Å². The largest absolute Gasteiger partial charge is 0.497 e. The highest BCUT2D eigenvalue weighted by Crippen LogP contribution is 2.30. The van der Waals surface area contributed by atoms with Gasteiger partial charge in [-0.1, -0.05) is 24.3 Å². The predicted octanol–water partition coefficient (Wildman–Crippen LogP) is 5.13. The molecule has 1 aromatic heterocycles. The Balaban J connectivity index is 1.35. The van der Waals surface area contributed by atoms with Crippen LogP contribution in [0, 0.1) is 3.57 Å². The number of benzene rings is 2. The topological polar surface area (TPSA) is 17.4 Å². The average molecular weight is 460 g/mol. The Kier molecular flexibility index (Phi) is 5.50. The molecule has 1 aliphatic rings. The molecule has 4 rings (SSSR count). The van der Waals surface area contributed by atoms with Crippen LogP contribution in [0.15, 0.2) is 54.7 Å². The summed E-state index contributed by atoms with van der Waals surface area (Å²) in [6.07, 6.45) is 5.86. The van der Waals surface area contributed by atoms with Crippen molar-refractivity contribution in [2.45, 2.75) is 25.3 Å². The number of para-hydroxylation sites is 1. The quantitative estimate of drug-likeness (QED) is 0.491. The van der Waals surface area contributed by atoms with Gasteiger partial charge < -0.3 is 14.2 Å². The van der Waals surface area contributed by atoms with Crippen LogP contribution in [0.1, 0.15) is 24.4 Å². The van der Waals surface area contributed by atoms with Gasteiger partial charge >= 0.3 is 0 Å². The fourth-order valence-electron chi connectivity index (χ4n) is 3.98. The molecule has 1 aliphatic heterocycles. The number of halogens is 1. The monoisotopic (exact) mass is 460 g/mol. The molecule has 0 spiro atoms. The summed E-state index contributed by atoms with van der Waals surface area (Å²) < 4.78 is 9.10. The molecule has 26 heavy (non-hydrogen) atoms. The molecule has 4 heteroatoms. The van der Waals surface area contributed by atoms with Gasteiger partial charge in [-0.15, -0.1) is 0 Å². The van der Waals surface area contributed by atoms with Gasteiger partial charge in [0.15, 0.2) is 0 Å². The van der Waals surface area contributed by atoms with Crippen molar-refractivity contribution in [1.29, 1.82) is 0 Å². The molecule has 2 heterocycles. The van der Waals surface area contributed by atoms with Gasteiger partial charge in [0.25, 0.3) is 0 Å². The van der Waals surface area contributed by atoms with Crippen LogP contribution in [0.2, 0.25) is 0 Å². The van der Waals surface area contributed by atoms with Crippen LogP contribution < -0.4 is 4.74 Å². The number of piperidine rings is 1. The van der Waals surface area contributed by atoms with Crippen LogP contribution >= 0.6 is 22.6 Å². The van der Waals surface area contributed by atoms with Crippen molar-refractivity contribution in [3.05, 3.63) is 63.9 Å². The lowest BCUT2D eigenvalue weighted by Crippen LogP contribution is -2.35. The van der Waals surface area contributed by atoms with E-state index in [9.17, 15) is 0 Å². The molecule has 0 bridgehead atoms. The molecule has 136 valence electrons. The van der Waals surface area contributed by atoms with E-state index >= 15 is 0 Å². The zero-order valence-corrected chi connectivity index (χ0v) is 17.4. The highest BCUT2D eigenvalue weighted by atomic mass is 127. The lowest BCUT2D eigenvalue weighted by molar-refractivity contribution is 0.190. The predicted molar refractivity (Wildman–Crippen MR) is 116 cm³/mol. The Morgan fingerprint density at radius 2 is 1.81 bits per heavy atom. The molecule has 2 aromatic carbocycles. The van der Waals surface area contributed by atoms with Crippen molar-refractivity contribution in [2.75, 3.05) is 26.7 Å². The Hall–Kier alpha value is -1.53. The Morgan fingerprint density at radius 3 is 2.54 bits per heavy atom. The first-order valence-corrected chi connectivity index (χ1v) is 10.4. The second-order valence-corrected chi connectivity index (χ2v) is 8.23. The lowest BCUT2D eigenvalue weighted by atomic mass is 10.0. The fourth-order valence-corrected chi connectivity index (χ4v) is 4.78. The van der Waals surface area contributed by atoms with E-state index < -0.39 is 0 Å². The second-order valence-electron chi connectivity index (χ2n) is 7.07. The van der Waals surface area contributed by atoms with Gasteiger partial charge in [-0.2, -0.15) is 0 Å². The molecule has 3 aromatic rings. The summed E-state index contributed by atoms with van der Waals surface area (Å²) in [5.41, 5.74) is 2.80. The zero-order chi connectivity index (χ0) is 17.9. The van der Waals surface area contributed by atoms with E-state index in [0.29, 0.717) is 6.04 Å². The van der Waals surface area contributed by atoms with Crippen molar-refractivity contribution in [3.8, 4) is 5.75 Å². The van der Waals surface area contributed by atoms with Crippen molar-refractivity contribution < 1.29 is 4.74 Å². The highest BCUT2D eigenvalue weighted by Gasteiger charge is 2.21.